The number of nitrogens with two attached hydrogens (primary N) is 1. The molecular weight excluding hydrogens is 482 g/mol. The molecular formula is C29H39N5O4. The summed E-state index contributed by atoms with van der Waals surface area (Å²) in [7, 11) is 0. The molecule has 3 rings (SSSR count). The Morgan fingerprint density at radius 2 is 1.95 bits per heavy atom. The average Bonchev–Trinajstić information content (AvgIpc) is 3.61. The van der Waals surface area contributed by atoms with E-state index in [0.29, 0.717) is 32.2 Å². The van der Waals surface area contributed by atoms with E-state index >= 15 is 0 Å². The zero-order chi connectivity index (χ0) is 27.5. The van der Waals surface area contributed by atoms with Gasteiger partial charge in [0.25, 0.3) is 0 Å². The van der Waals surface area contributed by atoms with Gasteiger partial charge in [0.15, 0.2) is 0 Å². The second kappa shape index (κ2) is 14.3. The van der Waals surface area contributed by atoms with E-state index in [1.54, 1.807) is 18.2 Å². The van der Waals surface area contributed by atoms with Gasteiger partial charge in [0.05, 0.1) is 18.1 Å². The van der Waals surface area contributed by atoms with Crippen LogP contribution in [-0.2, 0) is 20.8 Å². The molecule has 4 atom stereocenters. The van der Waals surface area contributed by atoms with Crippen molar-refractivity contribution in [2.75, 3.05) is 13.1 Å². The summed E-state index contributed by atoms with van der Waals surface area (Å²) in [6, 6.07) is 7.46. The maximum absolute atomic E-state index is 13.2. The highest BCUT2D eigenvalue weighted by molar-refractivity contribution is 5.92. The first-order valence-electron chi connectivity index (χ1n) is 13.2. The second-order valence-electron chi connectivity index (χ2n) is 9.78. The van der Waals surface area contributed by atoms with Crippen molar-refractivity contribution in [2.45, 2.75) is 69.1 Å². The molecule has 0 aromatic heterocycles. The minimum absolute atomic E-state index is 0.0109. The summed E-state index contributed by atoms with van der Waals surface area (Å²) >= 11 is 0. The lowest BCUT2D eigenvalue weighted by atomic mass is 10.0. The lowest BCUT2D eigenvalue weighted by Gasteiger charge is -2.25. The molecule has 4 unspecified atom stereocenters. The van der Waals surface area contributed by atoms with Crippen LogP contribution in [0.5, 0.6) is 0 Å². The van der Waals surface area contributed by atoms with Crippen molar-refractivity contribution in [3.8, 4) is 0 Å². The highest BCUT2D eigenvalue weighted by Gasteiger charge is 2.35. The van der Waals surface area contributed by atoms with Gasteiger partial charge >= 0.3 is 5.97 Å². The maximum atomic E-state index is 13.2. The van der Waals surface area contributed by atoms with Crippen molar-refractivity contribution in [1.29, 1.82) is 0 Å². The van der Waals surface area contributed by atoms with Crippen LogP contribution in [0.25, 0.3) is 0 Å². The van der Waals surface area contributed by atoms with E-state index in [-0.39, 0.29) is 30.1 Å². The highest BCUT2D eigenvalue weighted by Crippen LogP contribution is 2.22. The molecule has 2 aliphatic rings. The van der Waals surface area contributed by atoms with Gasteiger partial charge in [-0.3, -0.25) is 14.6 Å². The molecule has 2 fully saturated rings. The first-order valence-corrected chi connectivity index (χ1v) is 13.2. The van der Waals surface area contributed by atoms with Gasteiger partial charge < -0.3 is 26.4 Å². The Morgan fingerprint density at radius 3 is 2.58 bits per heavy atom. The number of carbonyl (C=O) groups excluding carboxylic acids is 2. The lowest BCUT2D eigenvalue weighted by Crippen LogP contribution is -2.51. The van der Waals surface area contributed by atoms with E-state index in [0.717, 1.165) is 30.5 Å². The molecule has 38 heavy (non-hydrogen) atoms. The molecule has 0 radical (unpaired) electrons. The third kappa shape index (κ3) is 8.14. The predicted octanol–water partition coefficient (Wildman–Crippen LogP) is 2.35. The number of likely N-dealkylation sites (tertiary alicyclic amines) is 1. The van der Waals surface area contributed by atoms with E-state index in [1.165, 1.54) is 4.90 Å². The molecule has 9 nitrogen and oxygen atoms in total. The molecule has 1 aromatic rings. The number of carboxylic acid groups (broad SMARTS) is 1. The number of carboxylic acids is 1. The molecule has 9 heteroatoms. The van der Waals surface area contributed by atoms with E-state index in [4.69, 9.17) is 10.7 Å². The van der Waals surface area contributed by atoms with Crippen LogP contribution in [0.1, 0.15) is 44.1 Å². The SMILES string of the molecule is C=CC=C(C=C)CC(CC(=O)N1CCCC1C(=O)O)N=C(N)C(Cc1ccccc1)NC(=O)C1CCCN1. The molecule has 5 N–H and O–H groups in total. The van der Waals surface area contributed by atoms with Crippen LogP contribution >= 0.6 is 0 Å². The third-order valence-corrected chi connectivity index (χ3v) is 7.00. The van der Waals surface area contributed by atoms with Gasteiger partial charge in [-0.2, -0.15) is 0 Å². The highest BCUT2D eigenvalue weighted by atomic mass is 16.4. The van der Waals surface area contributed by atoms with Gasteiger partial charge in [-0.1, -0.05) is 61.7 Å². The smallest absolute Gasteiger partial charge is 0.326 e. The molecule has 204 valence electrons. The van der Waals surface area contributed by atoms with Crippen molar-refractivity contribution in [3.63, 3.8) is 0 Å². The van der Waals surface area contributed by atoms with E-state index in [2.05, 4.69) is 23.8 Å². The Bertz CT molecular complexity index is 1060. The number of amidine groups is 1. The van der Waals surface area contributed by atoms with Gasteiger partial charge in [-0.25, -0.2) is 4.79 Å². The number of allylic oxidation sites excluding steroid dienone is 3. The Balaban J connectivity index is 1.86. The third-order valence-electron chi connectivity index (χ3n) is 7.00. The predicted molar refractivity (Wildman–Crippen MR) is 149 cm³/mol. The first kappa shape index (κ1) is 28.8. The van der Waals surface area contributed by atoms with E-state index in [1.807, 2.05) is 30.3 Å². The van der Waals surface area contributed by atoms with Crippen LogP contribution in [0.15, 0.2) is 72.3 Å². The molecule has 0 aliphatic carbocycles. The molecule has 0 saturated carbocycles. The minimum Gasteiger partial charge on any atom is -0.480 e. The molecule has 1 aromatic carbocycles. The fourth-order valence-electron chi connectivity index (χ4n) is 5.01. The number of carbonyl (C=O) groups is 3. The molecule has 2 amide bonds. The minimum atomic E-state index is -1.00. The number of aliphatic carboxylic acids is 1. The average molecular weight is 522 g/mol. The summed E-state index contributed by atoms with van der Waals surface area (Å²) in [4.78, 5) is 44.0. The Labute approximate surface area is 224 Å². The van der Waals surface area contributed by atoms with E-state index in [9.17, 15) is 19.5 Å². The van der Waals surface area contributed by atoms with Crippen LogP contribution in [0.3, 0.4) is 0 Å². The fourth-order valence-corrected chi connectivity index (χ4v) is 5.01. The van der Waals surface area contributed by atoms with Crippen molar-refractivity contribution in [2.24, 2.45) is 10.7 Å². The van der Waals surface area contributed by atoms with Crippen LogP contribution in [0.2, 0.25) is 0 Å². The Morgan fingerprint density at radius 1 is 1.18 bits per heavy atom. The number of hydrogen-bond acceptors (Lipinski definition) is 5. The summed E-state index contributed by atoms with van der Waals surface area (Å²) in [5, 5.41) is 15.8. The Kier molecular flexibility index (Phi) is 10.8. The van der Waals surface area contributed by atoms with Crippen molar-refractivity contribution < 1.29 is 19.5 Å². The molecule has 2 heterocycles. The summed E-state index contributed by atoms with van der Waals surface area (Å²) in [5.74, 6) is -1.19. The van der Waals surface area contributed by atoms with Gasteiger partial charge in [0, 0.05) is 13.0 Å². The van der Waals surface area contributed by atoms with Crippen LogP contribution in [0, 0.1) is 0 Å². The van der Waals surface area contributed by atoms with Crippen molar-refractivity contribution in [1.82, 2.24) is 15.5 Å². The largest absolute Gasteiger partial charge is 0.480 e. The van der Waals surface area contributed by atoms with Crippen molar-refractivity contribution in [3.05, 3.63) is 72.9 Å². The Hall–Kier alpha value is -3.72. The van der Waals surface area contributed by atoms with Gasteiger partial charge in [-0.05, 0) is 56.2 Å². The number of amides is 2. The van der Waals surface area contributed by atoms with Crippen LogP contribution < -0.4 is 16.4 Å². The van der Waals surface area contributed by atoms with Crippen LogP contribution in [0.4, 0.5) is 0 Å². The van der Waals surface area contributed by atoms with Crippen LogP contribution in [-0.4, -0.2) is 70.9 Å². The normalized spacial score (nSPS) is 21.5. The fraction of sp³-hybridized carbons (Fsp3) is 0.448. The number of nitrogens with zero attached hydrogens (tertiary/aromatic N) is 2. The number of hydrogen-bond donors (Lipinski definition) is 4. The topological polar surface area (TPSA) is 137 Å². The number of benzene rings is 1. The summed E-state index contributed by atoms with van der Waals surface area (Å²) in [5.41, 5.74) is 8.35. The number of aliphatic imine (C=N–C) groups is 1. The monoisotopic (exact) mass is 521 g/mol. The zero-order valence-electron chi connectivity index (χ0n) is 21.9. The maximum Gasteiger partial charge on any atom is 0.326 e. The summed E-state index contributed by atoms with van der Waals surface area (Å²) in [6.45, 7) is 8.78. The van der Waals surface area contributed by atoms with Gasteiger partial charge in [0.1, 0.15) is 11.9 Å². The van der Waals surface area contributed by atoms with Gasteiger partial charge in [0.2, 0.25) is 11.8 Å². The van der Waals surface area contributed by atoms with E-state index < -0.39 is 24.1 Å². The summed E-state index contributed by atoms with van der Waals surface area (Å²) < 4.78 is 0. The second-order valence-corrected chi connectivity index (χ2v) is 9.78. The molecule has 0 spiro atoms. The summed E-state index contributed by atoms with van der Waals surface area (Å²) in [6.07, 6.45) is 8.68. The quantitative estimate of drug-likeness (QED) is 0.179. The standard InChI is InChI=1S/C29H39N5O4/c1-3-10-20(4-2)17-22(19-26(35)34-16-9-14-25(34)29(37)38)32-27(30)24(18-21-11-6-5-7-12-21)33-28(36)23-13-8-15-31-23/h3-7,10-12,22-25,31H,1-2,8-9,13-19H2,(H2,30,32)(H,33,36)(H,37,38). The number of rotatable bonds is 13. The molecule has 2 saturated heterocycles. The molecule has 0 bridgehead atoms. The number of nitrogens with one attached hydrogen (secondary N) is 2. The van der Waals surface area contributed by atoms with Gasteiger partial charge in [-0.15, -0.1) is 0 Å². The van der Waals surface area contributed by atoms with Crippen molar-refractivity contribution >= 4 is 23.6 Å². The molecule has 2 aliphatic heterocycles. The first-order chi connectivity index (χ1) is 18.3. The zero-order valence-corrected chi connectivity index (χ0v) is 21.9. The lowest BCUT2D eigenvalue weighted by molar-refractivity contribution is -0.148.